The number of carbonyl (C=O) groups is 2. The third-order valence-corrected chi connectivity index (χ3v) is 4.61. The lowest BCUT2D eigenvalue weighted by molar-refractivity contribution is -0.156. The summed E-state index contributed by atoms with van der Waals surface area (Å²) in [7, 11) is 0. The first-order valence-corrected chi connectivity index (χ1v) is 9.28. The number of ether oxygens (including phenoxy) is 2. The van der Waals surface area contributed by atoms with E-state index in [-0.39, 0.29) is 6.61 Å². The monoisotopic (exact) mass is 447 g/mol. The van der Waals surface area contributed by atoms with Gasteiger partial charge in [0.15, 0.2) is 0 Å². The van der Waals surface area contributed by atoms with Crippen LogP contribution in [0.15, 0.2) is 12.1 Å². The van der Waals surface area contributed by atoms with Crippen molar-refractivity contribution < 1.29 is 19.1 Å². The molecular weight excluding hydrogens is 421 g/mol. The van der Waals surface area contributed by atoms with Crippen LogP contribution in [0.5, 0.6) is 0 Å². The summed E-state index contributed by atoms with van der Waals surface area (Å²) in [6, 6.07) is 4.03. The summed E-state index contributed by atoms with van der Waals surface area (Å²) in [6.07, 6.45) is 4.43. The lowest BCUT2D eigenvalue weighted by Gasteiger charge is -2.19. The molecule has 2 N–H and O–H groups in total. The Morgan fingerprint density at radius 3 is 2.46 bits per heavy atom. The number of nitrogen functional groups attached to an aromatic ring is 1. The Kier molecular flexibility index (Phi) is 9.10. The Morgan fingerprint density at radius 2 is 1.88 bits per heavy atom. The summed E-state index contributed by atoms with van der Waals surface area (Å²) in [5.41, 5.74) is 9.01. The summed E-state index contributed by atoms with van der Waals surface area (Å²) in [5, 5.41) is 0. The fourth-order valence-corrected chi connectivity index (χ4v) is 3.24. The molecular formula is C18H26INO4. The van der Waals surface area contributed by atoms with Crippen LogP contribution in [0.1, 0.15) is 51.2 Å². The number of hydrogen-bond acceptors (Lipinski definition) is 5. The fourth-order valence-electron chi connectivity index (χ4n) is 2.44. The van der Waals surface area contributed by atoms with Crippen molar-refractivity contribution in [3.05, 3.63) is 26.8 Å². The van der Waals surface area contributed by atoms with Crippen LogP contribution < -0.4 is 5.73 Å². The average molecular weight is 447 g/mol. The molecule has 5 nitrogen and oxygen atoms in total. The van der Waals surface area contributed by atoms with Crippen LogP contribution in [-0.2, 0) is 31.9 Å². The zero-order valence-electron chi connectivity index (χ0n) is 14.6. The summed E-state index contributed by atoms with van der Waals surface area (Å²) >= 11 is 2.31. The minimum Gasteiger partial charge on any atom is -0.462 e. The normalized spacial score (nSPS) is 11.8. The van der Waals surface area contributed by atoms with E-state index >= 15 is 0 Å². The van der Waals surface area contributed by atoms with Gasteiger partial charge in [0.2, 0.25) is 0 Å². The molecule has 0 spiro atoms. The van der Waals surface area contributed by atoms with E-state index in [0.29, 0.717) is 12.1 Å². The van der Waals surface area contributed by atoms with Crippen LogP contribution in [0, 0.1) is 3.57 Å². The fraction of sp³-hybridized carbons (Fsp3) is 0.556. The first kappa shape index (κ1) is 20.7. The number of aryl methyl sites for hydroxylation is 1. The largest absolute Gasteiger partial charge is 0.462 e. The molecule has 0 aliphatic rings. The predicted octanol–water partition coefficient (Wildman–Crippen LogP) is 3.64. The zero-order valence-corrected chi connectivity index (χ0v) is 16.7. The number of benzene rings is 1. The molecule has 0 saturated carbocycles. The summed E-state index contributed by atoms with van der Waals surface area (Å²) in [5.74, 6) is -0.808. The first-order chi connectivity index (χ1) is 11.3. The lowest BCUT2D eigenvalue weighted by Crippen LogP contribution is -2.26. The molecule has 0 saturated heterocycles. The molecule has 0 heterocycles. The molecule has 0 bridgehead atoms. The molecule has 0 fully saturated rings. The Bertz CT molecular complexity index is 574. The van der Waals surface area contributed by atoms with E-state index in [0.717, 1.165) is 22.0 Å². The predicted molar refractivity (Wildman–Crippen MR) is 103 cm³/mol. The van der Waals surface area contributed by atoms with Crippen LogP contribution in [0.25, 0.3) is 0 Å². The second-order valence-corrected chi connectivity index (χ2v) is 7.00. The third-order valence-electron chi connectivity index (χ3n) is 3.61. The highest BCUT2D eigenvalue weighted by Crippen LogP contribution is 2.24. The van der Waals surface area contributed by atoms with E-state index in [1.807, 2.05) is 12.1 Å². The Labute approximate surface area is 157 Å². The lowest BCUT2D eigenvalue weighted by atomic mass is 10.0. The minimum absolute atomic E-state index is 0.0309. The minimum atomic E-state index is -0.532. The molecule has 0 amide bonds. The maximum absolute atomic E-state index is 11.2. The van der Waals surface area contributed by atoms with Crippen molar-refractivity contribution in [3.8, 4) is 0 Å². The van der Waals surface area contributed by atoms with Gasteiger partial charge in [-0.1, -0.05) is 19.8 Å². The number of hydrogen-bond donors (Lipinski definition) is 1. The molecule has 0 aromatic heterocycles. The second kappa shape index (κ2) is 10.5. The van der Waals surface area contributed by atoms with E-state index in [2.05, 4.69) is 29.5 Å². The number of halogens is 1. The van der Waals surface area contributed by atoms with Crippen LogP contribution in [0.3, 0.4) is 0 Å². The molecule has 0 radical (unpaired) electrons. The molecule has 1 rings (SSSR count). The highest BCUT2D eigenvalue weighted by Gasteiger charge is 2.17. The maximum atomic E-state index is 11.2. The summed E-state index contributed by atoms with van der Waals surface area (Å²) in [4.78, 5) is 22.2. The molecule has 1 atom stereocenters. The average Bonchev–Trinajstić information content (AvgIpc) is 2.49. The molecule has 6 heteroatoms. The number of carbonyl (C=O) groups excluding carboxylic acids is 2. The smallest absolute Gasteiger partial charge is 0.303 e. The van der Waals surface area contributed by atoms with Gasteiger partial charge in [0.05, 0.1) is 0 Å². The highest BCUT2D eigenvalue weighted by molar-refractivity contribution is 14.1. The molecule has 1 aromatic carbocycles. The Hall–Kier alpha value is -1.31. The van der Waals surface area contributed by atoms with E-state index in [4.69, 9.17) is 15.2 Å². The van der Waals surface area contributed by atoms with Gasteiger partial charge in [-0.25, -0.2) is 0 Å². The quantitative estimate of drug-likeness (QED) is 0.271. The standard InChI is InChI=1S/C18H26INO4/c1-4-5-6-7-14-10-18(20)15(9-17(14)19)8-16(24-13(3)22)11-23-12(2)21/h9-10,16H,4-8,11,20H2,1-3H3. The van der Waals surface area contributed by atoms with Crippen molar-refractivity contribution in [2.75, 3.05) is 12.3 Å². The molecule has 134 valence electrons. The topological polar surface area (TPSA) is 78.6 Å². The van der Waals surface area contributed by atoms with Crippen molar-refractivity contribution in [1.29, 1.82) is 0 Å². The number of esters is 2. The molecule has 24 heavy (non-hydrogen) atoms. The second-order valence-electron chi connectivity index (χ2n) is 5.84. The SMILES string of the molecule is CCCCCc1cc(N)c(CC(COC(C)=O)OC(C)=O)cc1I. The van der Waals surface area contributed by atoms with Gasteiger partial charge in [-0.15, -0.1) is 0 Å². The Morgan fingerprint density at radius 1 is 1.17 bits per heavy atom. The van der Waals surface area contributed by atoms with Crippen LogP contribution in [0.4, 0.5) is 5.69 Å². The number of unbranched alkanes of at least 4 members (excludes halogenated alkanes) is 2. The van der Waals surface area contributed by atoms with Crippen LogP contribution in [-0.4, -0.2) is 24.6 Å². The number of rotatable bonds is 9. The number of anilines is 1. The van der Waals surface area contributed by atoms with Crippen molar-refractivity contribution in [2.45, 2.75) is 59.0 Å². The molecule has 1 aromatic rings. The van der Waals surface area contributed by atoms with E-state index in [9.17, 15) is 9.59 Å². The van der Waals surface area contributed by atoms with Gasteiger partial charge in [0, 0.05) is 29.5 Å². The zero-order chi connectivity index (χ0) is 18.1. The Balaban J connectivity index is 2.84. The van der Waals surface area contributed by atoms with Gasteiger partial charge >= 0.3 is 11.9 Å². The summed E-state index contributed by atoms with van der Waals surface area (Å²) in [6.45, 7) is 4.88. The van der Waals surface area contributed by atoms with E-state index in [1.54, 1.807) is 0 Å². The van der Waals surface area contributed by atoms with E-state index in [1.165, 1.54) is 32.3 Å². The molecule has 0 aliphatic heterocycles. The van der Waals surface area contributed by atoms with Crippen molar-refractivity contribution >= 4 is 40.2 Å². The maximum Gasteiger partial charge on any atom is 0.303 e. The van der Waals surface area contributed by atoms with Crippen LogP contribution in [0.2, 0.25) is 0 Å². The van der Waals surface area contributed by atoms with Gasteiger partial charge in [0.1, 0.15) is 12.7 Å². The van der Waals surface area contributed by atoms with Crippen molar-refractivity contribution in [2.24, 2.45) is 0 Å². The van der Waals surface area contributed by atoms with Crippen molar-refractivity contribution in [1.82, 2.24) is 0 Å². The third kappa shape index (κ3) is 7.51. The van der Waals surface area contributed by atoms with Crippen molar-refractivity contribution in [3.63, 3.8) is 0 Å². The first-order valence-electron chi connectivity index (χ1n) is 8.20. The number of nitrogens with two attached hydrogens (primary N) is 1. The summed E-state index contributed by atoms with van der Waals surface area (Å²) < 4.78 is 11.4. The molecule has 0 aliphatic carbocycles. The molecule has 1 unspecified atom stereocenters. The van der Waals surface area contributed by atoms with Gasteiger partial charge in [0.25, 0.3) is 0 Å². The van der Waals surface area contributed by atoms with Gasteiger partial charge < -0.3 is 15.2 Å². The van der Waals surface area contributed by atoms with Gasteiger partial charge in [-0.2, -0.15) is 0 Å². The van der Waals surface area contributed by atoms with Crippen LogP contribution >= 0.6 is 22.6 Å². The van der Waals surface area contributed by atoms with E-state index < -0.39 is 18.0 Å². The van der Waals surface area contributed by atoms with Gasteiger partial charge in [-0.05, 0) is 58.7 Å². The highest BCUT2D eigenvalue weighted by atomic mass is 127. The van der Waals surface area contributed by atoms with Gasteiger partial charge in [-0.3, -0.25) is 9.59 Å².